The second-order valence-electron chi connectivity index (χ2n) is 5.67. The second kappa shape index (κ2) is 6.75. The first kappa shape index (κ1) is 15.8. The first-order valence-electron chi connectivity index (χ1n) is 6.75. The highest BCUT2D eigenvalue weighted by molar-refractivity contribution is 5.74. The van der Waals surface area contributed by atoms with E-state index in [4.69, 9.17) is 5.11 Å². The Morgan fingerprint density at radius 3 is 2.53 bits per heavy atom. The molecule has 2 N–H and O–H groups in total. The first-order chi connectivity index (χ1) is 8.82. The minimum absolute atomic E-state index is 0.0891. The topological polar surface area (TPSA) is 72.9 Å². The van der Waals surface area contributed by atoms with E-state index in [0.717, 1.165) is 13.1 Å². The van der Waals surface area contributed by atoms with Crippen molar-refractivity contribution in [1.82, 2.24) is 15.1 Å². The number of carboxylic acid groups (broad SMARTS) is 1. The smallest absolute Gasteiger partial charge is 0.317 e. The first-order valence-corrected chi connectivity index (χ1v) is 6.75. The van der Waals surface area contributed by atoms with Crippen molar-refractivity contribution in [3.63, 3.8) is 0 Å². The van der Waals surface area contributed by atoms with Crippen molar-refractivity contribution in [2.45, 2.75) is 26.3 Å². The van der Waals surface area contributed by atoms with Gasteiger partial charge in [-0.2, -0.15) is 0 Å². The fourth-order valence-electron chi connectivity index (χ4n) is 2.42. The summed E-state index contributed by atoms with van der Waals surface area (Å²) < 4.78 is 0. The lowest BCUT2D eigenvalue weighted by atomic mass is 10.1. The van der Waals surface area contributed by atoms with E-state index in [1.165, 1.54) is 0 Å². The predicted molar refractivity (Wildman–Crippen MR) is 73.0 cm³/mol. The average molecular weight is 271 g/mol. The van der Waals surface area contributed by atoms with Gasteiger partial charge in [-0.3, -0.25) is 4.79 Å². The van der Waals surface area contributed by atoms with Crippen LogP contribution in [0.4, 0.5) is 4.79 Å². The van der Waals surface area contributed by atoms with Gasteiger partial charge in [-0.15, -0.1) is 0 Å². The summed E-state index contributed by atoms with van der Waals surface area (Å²) >= 11 is 0. The maximum atomic E-state index is 12.0. The molecule has 0 saturated carbocycles. The molecule has 0 radical (unpaired) electrons. The normalized spacial score (nSPS) is 24.6. The van der Waals surface area contributed by atoms with Crippen LogP contribution in [0.5, 0.6) is 0 Å². The van der Waals surface area contributed by atoms with E-state index in [2.05, 4.69) is 17.1 Å². The van der Waals surface area contributed by atoms with Gasteiger partial charge in [-0.05, 0) is 26.4 Å². The van der Waals surface area contributed by atoms with Crippen LogP contribution in [-0.4, -0.2) is 66.7 Å². The Balaban J connectivity index is 2.33. The molecule has 6 heteroatoms. The van der Waals surface area contributed by atoms with Gasteiger partial charge in [-0.1, -0.05) is 13.8 Å². The molecule has 3 unspecified atom stereocenters. The number of hydrogen-bond acceptors (Lipinski definition) is 3. The largest absolute Gasteiger partial charge is 0.481 e. The third-order valence-electron chi connectivity index (χ3n) is 3.80. The molecule has 1 heterocycles. The molecule has 0 bridgehead atoms. The number of aliphatic carboxylic acids is 1. The Bertz CT molecular complexity index is 333. The van der Waals surface area contributed by atoms with Crippen LogP contribution in [0.2, 0.25) is 0 Å². The zero-order valence-corrected chi connectivity index (χ0v) is 12.2. The second-order valence-corrected chi connectivity index (χ2v) is 5.67. The molecular formula is C13H25N3O3. The van der Waals surface area contributed by atoms with E-state index < -0.39 is 11.9 Å². The van der Waals surface area contributed by atoms with Crippen molar-refractivity contribution in [3.8, 4) is 0 Å². The van der Waals surface area contributed by atoms with Gasteiger partial charge in [0.05, 0.1) is 5.92 Å². The average Bonchev–Trinajstić information content (AvgIpc) is 2.71. The highest BCUT2D eigenvalue weighted by Gasteiger charge is 2.33. The molecule has 1 aliphatic rings. The van der Waals surface area contributed by atoms with Crippen LogP contribution in [0.25, 0.3) is 0 Å². The number of nitrogens with one attached hydrogen (secondary N) is 1. The van der Waals surface area contributed by atoms with Gasteiger partial charge in [0.1, 0.15) is 0 Å². The monoisotopic (exact) mass is 271 g/mol. The van der Waals surface area contributed by atoms with E-state index >= 15 is 0 Å². The summed E-state index contributed by atoms with van der Waals surface area (Å²) in [5.41, 5.74) is 0. The molecule has 2 amide bonds. The Kier molecular flexibility index (Phi) is 5.60. The maximum Gasteiger partial charge on any atom is 0.317 e. The van der Waals surface area contributed by atoms with Crippen molar-refractivity contribution in [1.29, 1.82) is 0 Å². The van der Waals surface area contributed by atoms with Crippen LogP contribution >= 0.6 is 0 Å². The fraction of sp³-hybridized carbons (Fsp3) is 0.846. The van der Waals surface area contributed by atoms with Crippen LogP contribution in [0.1, 0.15) is 20.3 Å². The van der Waals surface area contributed by atoms with Crippen molar-refractivity contribution in [3.05, 3.63) is 0 Å². The van der Waals surface area contributed by atoms with Crippen molar-refractivity contribution in [2.24, 2.45) is 11.8 Å². The standard InChI is InChI=1S/C13H25N3O3/c1-9(12(17)18)5-6-14-13(19)16-7-10(2)11(8-16)15(3)4/h9-11H,5-8H2,1-4H3,(H,14,19)(H,17,18). The van der Waals surface area contributed by atoms with Crippen LogP contribution in [-0.2, 0) is 4.79 Å². The van der Waals surface area contributed by atoms with Crippen LogP contribution < -0.4 is 5.32 Å². The van der Waals surface area contributed by atoms with Gasteiger partial charge in [0.15, 0.2) is 0 Å². The van der Waals surface area contributed by atoms with Gasteiger partial charge < -0.3 is 20.2 Å². The number of likely N-dealkylation sites (N-methyl/N-ethyl adjacent to an activating group) is 1. The minimum atomic E-state index is -0.822. The van der Waals surface area contributed by atoms with Gasteiger partial charge >= 0.3 is 12.0 Å². The molecule has 0 aromatic rings. The zero-order chi connectivity index (χ0) is 14.6. The number of carboxylic acids is 1. The lowest BCUT2D eigenvalue weighted by molar-refractivity contribution is -0.141. The Hall–Kier alpha value is -1.30. The summed E-state index contributed by atoms with van der Waals surface area (Å²) in [7, 11) is 4.05. The van der Waals surface area contributed by atoms with E-state index in [-0.39, 0.29) is 6.03 Å². The minimum Gasteiger partial charge on any atom is -0.481 e. The number of amides is 2. The molecule has 0 spiro atoms. The Morgan fingerprint density at radius 2 is 2.05 bits per heavy atom. The number of hydrogen-bond donors (Lipinski definition) is 2. The van der Waals surface area contributed by atoms with Crippen LogP contribution in [0.3, 0.4) is 0 Å². The van der Waals surface area contributed by atoms with E-state index in [1.807, 2.05) is 14.1 Å². The molecule has 0 aromatic heterocycles. The summed E-state index contributed by atoms with van der Waals surface area (Å²) in [5.74, 6) is -0.789. The number of carbonyl (C=O) groups is 2. The molecule has 3 atom stereocenters. The van der Waals surface area contributed by atoms with Crippen molar-refractivity contribution >= 4 is 12.0 Å². The zero-order valence-electron chi connectivity index (χ0n) is 12.2. The summed E-state index contributed by atoms with van der Waals surface area (Å²) in [4.78, 5) is 26.6. The predicted octanol–water partition coefficient (Wildman–Crippen LogP) is 0.689. The number of carbonyl (C=O) groups excluding carboxylic acids is 1. The molecule has 19 heavy (non-hydrogen) atoms. The van der Waals surface area contributed by atoms with Crippen molar-refractivity contribution < 1.29 is 14.7 Å². The molecule has 0 aromatic carbocycles. The molecule has 1 saturated heterocycles. The summed E-state index contributed by atoms with van der Waals surface area (Å²) in [6.45, 7) is 5.68. The third kappa shape index (κ3) is 4.38. The van der Waals surface area contributed by atoms with E-state index in [0.29, 0.717) is 24.9 Å². The van der Waals surface area contributed by atoms with Gasteiger partial charge in [-0.25, -0.2) is 4.79 Å². The molecule has 1 aliphatic heterocycles. The Labute approximate surface area is 114 Å². The lowest BCUT2D eigenvalue weighted by Gasteiger charge is -2.22. The molecule has 1 fully saturated rings. The van der Waals surface area contributed by atoms with E-state index in [1.54, 1.807) is 11.8 Å². The molecular weight excluding hydrogens is 246 g/mol. The summed E-state index contributed by atoms with van der Waals surface area (Å²) in [6, 6.07) is 0.303. The molecule has 0 aliphatic carbocycles. The SMILES string of the molecule is CC(CCNC(=O)N1CC(C)C(N(C)C)C1)C(=O)O. The van der Waals surface area contributed by atoms with Crippen molar-refractivity contribution in [2.75, 3.05) is 33.7 Å². The number of likely N-dealkylation sites (tertiary alicyclic amines) is 1. The fourth-order valence-corrected chi connectivity index (χ4v) is 2.42. The summed E-state index contributed by atoms with van der Waals surface area (Å²) in [5, 5.41) is 11.6. The summed E-state index contributed by atoms with van der Waals surface area (Å²) in [6.07, 6.45) is 0.460. The van der Waals surface area contributed by atoms with E-state index in [9.17, 15) is 9.59 Å². The number of urea groups is 1. The van der Waals surface area contributed by atoms with Crippen LogP contribution in [0, 0.1) is 11.8 Å². The number of nitrogens with zero attached hydrogens (tertiary/aromatic N) is 2. The lowest BCUT2D eigenvalue weighted by Crippen LogP contribution is -2.41. The maximum absolute atomic E-state index is 12.0. The third-order valence-corrected chi connectivity index (χ3v) is 3.80. The molecule has 1 rings (SSSR count). The van der Waals surface area contributed by atoms with Gasteiger partial charge in [0.25, 0.3) is 0 Å². The van der Waals surface area contributed by atoms with Gasteiger partial charge in [0.2, 0.25) is 0 Å². The Morgan fingerprint density at radius 1 is 1.42 bits per heavy atom. The highest BCUT2D eigenvalue weighted by atomic mass is 16.4. The quantitative estimate of drug-likeness (QED) is 0.771. The number of rotatable bonds is 5. The molecule has 110 valence electrons. The van der Waals surface area contributed by atoms with Gasteiger partial charge in [0, 0.05) is 25.7 Å². The van der Waals surface area contributed by atoms with Crippen LogP contribution in [0.15, 0.2) is 0 Å². The highest BCUT2D eigenvalue weighted by Crippen LogP contribution is 2.19. The molecule has 6 nitrogen and oxygen atoms in total.